The van der Waals surface area contributed by atoms with E-state index in [2.05, 4.69) is 30.1 Å². The van der Waals surface area contributed by atoms with Gasteiger partial charge in [0.05, 0.1) is 17.6 Å². The third kappa shape index (κ3) is 4.18. The number of aromatic nitrogens is 2. The van der Waals surface area contributed by atoms with Crippen LogP contribution in [0.2, 0.25) is 0 Å². The molecule has 0 bridgehead atoms. The normalized spacial score (nSPS) is 23.3. The van der Waals surface area contributed by atoms with Gasteiger partial charge in [-0.2, -0.15) is 5.26 Å². The van der Waals surface area contributed by atoms with Gasteiger partial charge in [-0.3, -0.25) is 9.69 Å². The minimum Gasteiger partial charge on any atom is -0.465 e. The molecule has 1 fully saturated rings. The van der Waals surface area contributed by atoms with E-state index in [0.717, 1.165) is 15.8 Å². The summed E-state index contributed by atoms with van der Waals surface area (Å²) in [6.07, 6.45) is 7.29. The lowest BCUT2D eigenvalue weighted by atomic mass is 9.69. The Hall–Kier alpha value is -2.57. The van der Waals surface area contributed by atoms with Gasteiger partial charge in [-0.25, -0.2) is 0 Å². The van der Waals surface area contributed by atoms with Crippen molar-refractivity contribution in [1.82, 2.24) is 10.2 Å². The number of carbonyl (C=O) groups is 1. The van der Waals surface area contributed by atoms with Crippen molar-refractivity contribution in [3.8, 4) is 6.07 Å². The standard InChI is InChI=1S/C25H29N5O2S2/c1-14-9-10-19(32-14)20-16(13-26)22(27)30(17-11-25(2,3)12-18(31)21(17)20)23-28-29-24(34-23)33-15-7-5-4-6-8-15/h9-10,15,20H,4-8,11-12,27H2,1-3H3. The zero-order valence-corrected chi connectivity index (χ0v) is 21.4. The molecule has 0 radical (unpaired) electrons. The van der Waals surface area contributed by atoms with Gasteiger partial charge in [0.2, 0.25) is 5.13 Å². The number of nitrogens with zero attached hydrogens (tertiary/aromatic N) is 4. The predicted octanol–water partition coefficient (Wildman–Crippen LogP) is 5.81. The van der Waals surface area contributed by atoms with Gasteiger partial charge in [0.25, 0.3) is 0 Å². The summed E-state index contributed by atoms with van der Waals surface area (Å²) in [4.78, 5) is 15.3. The molecular weight excluding hydrogens is 466 g/mol. The van der Waals surface area contributed by atoms with Crippen LogP contribution >= 0.6 is 23.1 Å². The zero-order chi connectivity index (χ0) is 24.0. The van der Waals surface area contributed by atoms with Gasteiger partial charge in [0, 0.05) is 22.9 Å². The number of rotatable bonds is 4. The molecule has 3 heterocycles. The van der Waals surface area contributed by atoms with Crippen LogP contribution in [0.1, 0.15) is 76.2 Å². The number of Topliss-reactive ketones (excluding diaryl/α,β-unsaturated/α-hetero) is 1. The van der Waals surface area contributed by atoms with Gasteiger partial charge in [-0.1, -0.05) is 56.2 Å². The van der Waals surface area contributed by atoms with E-state index in [1.807, 2.05) is 24.0 Å². The number of nitrogens with two attached hydrogens (primary N) is 1. The molecule has 1 unspecified atom stereocenters. The molecule has 3 aliphatic rings. The Morgan fingerprint density at radius 2 is 2.00 bits per heavy atom. The Morgan fingerprint density at radius 3 is 2.68 bits per heavy atom. The van der Waals surface area contributed by atoms with Crippen LogP contribution < -0.4 is 10.6 Å². The number of furan rings is 1. The monoisotopic (exact) mass is 495 g/mol. The topological polar surface area (TPSA) is 109 Å². The maximum absolute atomic E-state index is 13.5. The second-order valence-electron chi connectivity index (χ2n) is 10.2. The van der Waals surface area contributed by atoms with Crippen LogP contribution in [0.15, 0.2) is 43.6 Å². The summed E-state index contributed by atoms with van der Waals surface area (Å²) in [6.45, 7) is 6.03. The minimum atomic E-state index is -0.599. The van der Waals surface area contributed by atoms with Gasteiger partial charge < -0.3 is 10.2 Å². The number of thioether (sulfide) groups is 1. The molecule has 2 aromatic heterocycles. The van der Waals surface area contributed by atoms with E-state index in [1.54, 1.807) is 11.8 Å². The van der Waals surface area contributed by atoms with Gasteiger partial charge in [0.15, 0.2) is 10.1 Å². The number of carbonyl (C=O) groups excluding carboxylic acids is 1. The van der Waals surface area contributed by atoms with Crippen molar-refractivity contribution in [2.45, 2.75) is 81.2 Å². The summed E-state index contributed by atoms with van der Waals surface area (Å²) in [5.74, 6) is 1.03. The minimum absolute atomic E-state index is 0.0249. The number of anilines is 1. The van der Waals surface area contributed by atoms with E-state index in [4.69, 9.17) is 10.2 Å². The van der Waals surface area contributed by atoms with Crippen LogP contribution in [0, 0.1) is 23.7 Å². The highest BCUT2D eigenvalue weighted by molar-refractivity contribution is 8.01. The molecule has 34 heavy (non-hydrogen) atoms. The SMILES string of the molecule is Cc1ccc(C2C(C#N)=C(N)N(c3nnc(SC4CCCCC4)s3)C3=C2C(=O)CC(C)(C)C3)o1. The third-order valence-corrected chi connectivity index (χ3v) is 9.16. The van der Waals surface area contributed by atoms with Crippen LogP contribution in [0.4, 0.5) is 5.13 Å². The van der Waals surface area contributed by atoms with Gasteiger partial charge in [0.1, 0.15) is 17.3 Å². The first-order valence-electron chi connectivity index (χ1n) is 11.8. The molecule has 1 aliphatic heterocycles. The summed E-state index contributed by atoms with van der Waals surface area (Å²) in [6, 6.07) is 5.96. The summed E-state index contributed by atoms with van der Waals surface area (Å²) in [7, 11) is 0. The van der Waals surface area contributed by atoms with Gasteiger partial charge in [-0.05, 0) is 43.7 Å². The largest absolute Gasteiger partial charge is 0.465 e. The number of hydrogen-bond donors (Lipinski definition) is 1. The van der Waals surface area contributed by atoms with Crippen molar-refractivity contribution in [3.05, 3.63) is 46.3 Å². The highest BCUT2D eigenvalue weighted by Crippen LogP contribution is 2.51. The number of ketones is 1. The molecule has 178 valence electrons. The maximum Gasteiger partial charge on any atom is 0.219 e. The van der Waals surface area contributed by atoms with Crippen LogP contribution in [-0.2, 0) is 4.79 Å². The smallest absolute Gasteiger partial charge is 0.219 e. The van der Waals surface area contributed by atoms with E-state index >= 15 is 0 Å². The average molecular weight is 496 g/mol. The fraction of sp³-hybridized carbons (Fsp3) is 0.520. The Labute approximate surface area is 208 Å². The number of nitriles is 1. The molecule has 0 aromatic carbocycles. The second kappa shape index (κ2) is 8.90. The molecule has 1 saturated carbocycles. The van der Waals surface area contributed by atoms with Crippen molar-refractivity contribution in [3.63, 3.8) is 0 Å². The molecule has 2 N–H and O–H groups in total. The number of allylic oxidation sites excluding steroid dienone is 3. The quantitative estimate of drug-likeness (QED) is 0.566. The van der Waals surface area contributed by atoms with Gasteiger partial charge in [-0.15, -0.1) is 10.2 Å². The summed E-state index contributed by atoms with van der Waals surface area (Å²) < 4.78 is 6.81. The third-order valence-electron chi connectivity index (χ3n) is 6.83. The van der Waals surface area contributed by atoms with E-state index < -0.39 is 5.92 Å². The lowest BCUT2D eigenvalue weighted by Gasteiger charge is -2.42. The molecule has 1 atom stereocenters. The highest BCUT2D eigenvalue weighted by Gasteiger charge is 2.46. The van der Waals surface area contributed by atoms with Crippen LogP contribution in [-0.4, -0.2) is 21.2 Å². The molecule has 0 amide bonds. The molecule has 2 aromatic rings. The zero-order valence-electron chi connectivity index (χ0n) is 19.8. The Morgan fingerprint density at radius 1 is 1.24 bits per heavy atom. The van der Waals surface area contributed by atoms with Crippen molar-refractivity contribution in [1.29, 1.82) is 5.26 Å². The predicted molar refractivity (Wildman–Crippen MR) is 133 cm³/mol. The van der Waals surface area contributed by atoms with Gasteiger partial charge >= 0.3 is 0 Å². The van der Waals surface area contributed by atoms with Crippen molar-refractivity contribution < 1.29 is 9.21 Å². The highest BCUT2D eigenvalue weighted by atomic mass is 32.2. The fourth-order valence-corrected chi connectivity index (χ4v) is 7.67. The van der Waals surface area contributed by atoms with Crippen LogP contribution in [0.3, 0.4) is 0 Å². The van der Waals surface area contributed by atoms with Crippen LogP contribution in [0.5, 0.6) is 0 Å². The van der Waals surface area contributed by atoms with Crippen molar-refractivity contribution in [2.75, 3.05) is 4.90 Å². The summed E-state index contributed by atoms with van der Waals surface area (Å²) in [5, 5.41) is 20.2. The number of aryl methyl sites for hydroxylation is 1. The van der Waals surface area contributed by atoms with Crippen LogP contribution in [0.25, 0.3) is 0 Å². The molecule has 7 nitrogen and oxygen atoms in total. The fourth-order valence-electron chi connectivity index (χ4n) is 5.29. The van der Waals surface area contributed by atoms with Crippen molar-refractivity contribution >= 4 is 34.0 Å². The lowest BCUT2D eigenvalue weighted by molar-refractivity contribution is -0.118. The first-order chi connectivity index (χ1) is 16.3. The van der Waals surface area contributed by atoms with E-state index in [9.17, 15) is 10.1 Å². The molecule has 5 rings (SSSR count). The molecule has 2 aliphatic carbocycles. The first-order valence-corrected chi connectivity index (χ1v) is 13.5. The summed E-state index contributed by atoms with van der Waals surface area (Å²) >= 11 is 3.27. The Bertz CT molecular complexity index is 1230. The first kappa shape index (κ1) is 23.2. The lowest BCUT2D eigenvalue weighted by Crippen LogP contribution is -2.42. The molecular formula is C25H29N5O2S2. The van der Waals surface area contributed by atoms with E-state index in [-0.39, 0.29) is 11.2 Å². The summed E-state index contributed by atoms with van der Waals surface area (Å²) in [5.41, 5.74) is 8.15. The Kier molecular flexibility index (Phi) is 6.07. The Balaban J connectivity index is 1.59. The van der Waals surface area contributed by atoms with E-state index in [1.165, 1.54) is 43.4 Å². The molecule has 0 spiro atoms. The number of hydrogen-bond acceptors (Lipinski definition) is 9. The molecule has 9 heteroatoms. The maximum atomic E-state index is 13.5. The van der Waals surface area contributed by atoms with E-state index in [0.29, 0.717) is 46.0 Å². The molecule has 0 saturated heterocycles. The van der Waals surface area contributed by atoms with Crippen molar-refractivity contribution in [2.24, 2.45) is 11.1 Å². The average Bonchev–Trinajstić information content (AvgIpc) is 3.42. The second-order valence-corrected chi connectivity index (χ2v) is 12.7.